The highest BCUT2D eigenvalue weighted by atomic mass is 33.1. The number of carboxylic acids is 1. The molecule has 4 aliphatic rings. The van der Waals surface area contributed by atoms with Gasteiger partial charge in [0.2, 0.25) is 17.7 Å². The largest absolute Gasteiger partial charge is 0.481 e. The van der Waals surface area contributed by atoms with Crippen molar-refractivity contribution in [3.8, 4) is 0 Å². The summed E-state index contributed by atoms with van der Waals surface area (Å²) in [5.41, 5.74) is 0. The molecule has 83 heavy (non-hydrogen) atoms. The zero-order valence-electron chi connectivity index (χ0n) is 46.3. The van der Waals surface area contributed by atoms with E-state index in [-0.39, 0.29) is 82.7 Å². The maximum absolute atomic E-state index is 12.4. The first-order valence-corrected chi connectivity index (χ1v) is 30.1. The molecule has 5 heterocycles. The molecule has 1 aromatic heterocycles. The van der Waals surface area contributed by atoms with Gasteiger partial charge in [-0.25, -0.2) is 4.98 Å². The zero-order valence-corrected chi connectivity index (χ0v) is 47.9. The van der Waals surface area contributed by atoms with Crippen LogP contribution >= 0.6 is 21.6 Å². The summed E-state index contributed by atoms with van der Waals surface area (Å²) in [7, 11) is 5.63. The predicted octanol–water partition coefficient (Wildman–Crippen LogP) is -3.18. The van der Waals surface area contributed by atoms with Crippen LogP contribution < -0.4 is 16.0 Å². The van der Waals surface area contributed by atoms with Gasteiger partial charge in [-0.2, -0.15) is 0 Å². The van der Waals surface area contributed by atoms with Crippen LogP contribution in [0.2, 0.25) is 0 Å². The van der Waals surface area contributed by atoms with E-state index < -0.39 is 136 Å². The molecule has 3 amide bonds. The Labute approximate surface area is 487 Å². The summed E-state index contributed by atoms with van der Waals surface area (Å²) >= 11 is 0. The number of ether oxygens (including phenoxy) is 11. The average Bonchev–Trinajstić information content (AvgIpc) is 3.39. The predicted molar refractivity (Wildman–Crippen MR) is 286 cm³/mol. The fourth-order valence-electron chi connectivity index (χ4n) is 8.98. The third-order valence-electron chi connectivity index (χ3n) is 13.7. The lowest BCUT2D eigenvalue weighted by molar-refractivity contribution is -0.447. The van der Waals surface area contributed by atoms with Crippen molar-refractivity contribution in [2.24, 2.45) is 0 Å². The Morgan fingerprint density at radius 2 is 0.976 bits per heavy atom. The summed E-state index contributed by atoms with van der Waals surface area (Å²) in [5.74, 6) is -0.953. The molecule has 1 aromatic rings. The van der Waals surface area contributed by atoms with Gasteiger partial charge in [-0.3, -0.25) is 19.2 Å². The van der Waals surface area contributed by atoms with E-state index in [2.05, 4.69) is 20.9 Å². The summed E-state index contributed by atoms with van der Waals surface area (Å²) in [5, 5.41) is 129. The summed E-state index contributed by atoms with van der Waals surface area (Å²) in [6.07, 6.45) is -30.2. The van der Waals surface area contributed by atoms with Gasteiger partial charge in [-0.05, 0) is 61.5 Å². The Hall–Kier alpha value is -3.11. The quantitative estimate of drug-likeness (QED) is 0.0231. The molecule has 0 unspecified atom stereocenters. The molecule has 0 aromatic carbocycles. The summed E-state index contributed by atoms with van der Waals surface area (Å²) in [6.45, 7) is -0.476. The summed E-state index contributed by atoms with van der Waals surface area (Å²) in [6, 6.07) is 5.59. The van der Waals surface area contributed by atoms with Crippen LogP contribution in [0.15, 0.2) is 29.4 Å². The Morgan fingerprint density at radius 3 is 1.47 bits per heavy atom. The number of carbonyl (C=O) groups is 4. The van der Waals surface area contributed by atoms with E-state index in [0.717, 1.165) is 12.1 Å². The molecule has 30 nitrogen and oxygen atoms in total. The minimum atomic E-state index is -2.04. The van der Waals surface area contributed by atoms with Gasteiger partial charge in [0.05, 0.1) is 6.61 Å². The molecule has 4 fully saturated rings. The molecule has 5 rings (SSSR count). The third kappa shape index (κ3) is 22.5. The van der Waals surface area contributed by atoms with E-state index in [1.54, 1.807) is 6.20 Å². The van der Waals surface area contributed by atoms with Crippen molar-refractivity contribution >= 4 is 45.3 Å². The first kappa shape index (κ1) is 70.7. The number of unbranched alkanes of at least 4 members (excludes halogenated alkanes) is 6. The van der Waals surface area contributed by atoms with Crippen LogP contribution in [-0.2, 0) is 71.3 Å². The number of rotatable bonds is 37. The number of carboxylic acid groups (broad SMARTS) is 1. The van der Waals surface area contributed by atoms with Gasteiger partial charge in [-0.1, -0.05) is 36.1 Å². The molecule has 0 aliphatic carbocycles. The van der Waals surface area contributed by atoms with Gasteiger partial charge in [0.25, 0.3) is 0 Å². The number of hydrogen-bond acceptors (Lipinski definition) is 28. The Kier molecular flexibility index (Phi) is 32.0. The van der Waals surface area contributed by atoms with E-state index in [0.29, 0.717) is 57.1 Å². The number of pyridine rings is 1. The number of aliphatic hydroxyl groups is 10. The first-order chi connectivity index (χ1) is 39.9. The molecule has 0 bridgehead atoms. The SMILES string of the molecule is CNC(=O)CCCCCO[C@@H]1[C@@H](O[C@H]2O[C@H](CO)[C@@H](OCCCCCC(=O)NCCNC(=O)CCSSc3ccccn3)[C@H](O)[C@H]2O)O[C@H](O[C@H]2O[C@H](O[C@H]3O[C@H](OC)[C@H](O)[C@@H](O)[C@@H]3O)[C@H](O)[C@@H](O)[C@@H]2OCCCCCC(=O)O)[C@H](O)[C@H]1O. The molecule has 4 aliphatic heterocycles. The van der Waals surface area contributed by atoms with Crippen LogP contribution in [-0.4, -0.2) is 268 Å². The van der Waals surface area contributed by atoms with Crippen LogP contribution in [0.5, 0.6) is 0 Å². The van der Waals surface area contributed by atoms with Gasteiger partial charge in [0.1, 0.15) is 84.4 Å². The fraction of sp³-hybridized carbons (Fsp3) is 0.824. The molecular weight excluding hydrogens is 1150 g/mol. The smallest absolute Gasteiger partial charge is 0.303 e. The number of hydrogen-bond donors (Lipinski definition) is 14. The van der Waals surface area contributed by atoms with E-state index in [1.165, 1.54) is 28.6 Å². The topological polar surface area (TPSA) is 441 Å². The molecular formula is C51H84N4O26S2. The fourth-order valence-corrected chi connectivity index (χ4v) is 10.9. The van der Waals surface area contributed by atoms with Gasteiger partial charge in [0, 0.05) is 84.7 Å². The number of methoxy groups -OCH3 is 1. The third-order valence-corrected chi connectivity index (χ3v) is 16.0. The zero-order chi connectivity index (χ0) is 60.4. The maximum Gasteiger partial charge on any atom is 0.303 e. The van der Waals surface area contributed by atoms with Crippen LogP contribution in [0.25, 0.3) is 0 Å². The number of nitrogens with zero attached hydrogens (tertiary/aromatic N) is 1. The number of aliphatic carboxylic acids is 1. The molecule has 32 heteroatoms. The molecule has 20 atom stereocenters. The number of amides is 3. The number of nitrogens with one attached hydrogen (secondary N) is 3. The molecule has 14 N–H and O–H groups in total. The van der Waals surface area contributed by atoms with Gasteiger partial charge >= 0.3 is 5.97 Å². The highest BCUT2D eigenvalue weighted by Crippen LogP contribution is 2.36. The van der Waals surface area contributed by atoms with Crippen molar-refractivity contribution in [3.63, 3.8) is 0 Å². The Bertz CT molecular complexity index is 2030. The Balaban J connectivity index is 1.19. The van der Waals surface area contributed by atoms with Crippen molar-refractivity contribution in [3.05, 3.63) is 24.4 Å². The maximum atomic E-state index is 12.4. The molecule has 476 valence electrons. The van der Waals surface area contributed by atoms with E-state index in [1.807, 2.05) is 18.2 Å². The van der Waals surface area contributed by atoms with Crippen molar-refractivity contribution in [2.75, 3.05) is 59.4 Å². The molecule has 4 saturated heterocycles. The van der Waals surface area contributed by atoms with Gasteiger partial charge in [-0.15, -0.1) is 0 Å². The minimum Gasteiger partial charge on any atom is -0.481 e. The second kappa shape index (κ2) is 37.6. The first-order valence-electron chi connectivity index (χ1n) is 27.7. The number of aliphatic hydroxyl groups excluding tert-OH is 10. The van der Waals surface area contributed by atoms with E-state index in [9.17, 15) is 70.2 Å². The lowest BCUT2D eigenvalue weighted by Crippen LogP contribution is -2.66. The van der Waals surface area contributed by atoms with Crippen LogP contribution in [0.3, 0.4) is 0 Å². The monoisotopic (exact) mass is 1230 g/mol. The Morgan fingerprint density at radius 1 is 0.530 bits per heavy atom. The summed E-state index contributed by atoms with van der Waals surface area (Å²) in [4.78, 5) is 51.7. The van der Waals surface area contributed by atoms with Gasteiger partial charge < -0.3 is 124 Å². The van der Waals surface area contributed by atoms with Crippen molar-refractivity contribution < 1.29 is 127 Å². The highest BCUT2D eigenvalue weighted by molar-refractivity contribution is 8.76. The molecule has 0 spiro atoms. The second-order valence-electron chi connectivity index (χ2n) is 19.9. The highest BCUT2D eigenvalue weighted by Gasteiger charge is 2.55. The second-order valence-corrected chi connectivity index (χ2v) is 22.4. The van der Waals surface area contributed by atoms with Crippen molar-refractivity contribution in [2.45, 2.75) is 212 Å². The van der Waals surface area contributed by atoms with Crippen molar-refractivity contribution in [1.82, 2.24) is 20.9 Å². The standard InChI is InChI=1S/C51H84N4O26S2/c1-52-28(57)14-6-3-12-23-73-43-36(65)41(70)49(81-51-44(74-24-13-5-8-17-32(60)61)35(64)40(69)48(79-51)77-47-38(67)33(62)37(66)45(71-2)76-47)80-50(43)78-46-39(68)34(63)42(27(26-56)75-46)72-22-11-4-7-15-29(58)53-20-21-54-30(59)18-25-82-83-31-16-9-10-19-55-31/h9-10,16,19,27,33-51,56,62-70H,3-8,11-15,17-18,20-26H2,1-2H3,(H,52,57)(H,53,58)(H,54,59)(H,60,61)/t27-,33-,34-,35-,36-,37-,38+,39-,40-,41-,42-,43+,44+,45+,46-,47-,48+,49-,50+,51-/m1/s1. The minimum absolute atomic E-state index is 0.0172. The van der Waals surface area contributed by atoms with E-state index in [4.69, 9.17) is 57.2 Å². The normalized spacial score (nSPS) is 33.8. The summed E-state index contributed by atoms with van der Waals surface area (Å²) < 4.78 is 63.8. The molecule has 0 saturated carbocycles. The van der Waals surface area contributed by atoms with Crippen LogP contribution in [0, 0.1) is 0 Å². The van der Waals surface area contributed by atoms with Crippen molar-refractivity contribution in [1.29, 1.82) is 0 Å². The number of carbonyl (C=O) groups excluding carboxylic acids is 3. The van der Waals surface area contributed by atoms with E-state index >= 15 is 0 Å². The average molecular weight is 1230 g/mol. The van der Waals surface area contributed by atoms with Gasteiger partial charge in [0.15, 0.2) is 44.0 Å². The molecule has 0 radical (unpaired) electrons. The number of aromatic nitrogens is 1. The van der Waals surface area contributed by atoms with Crippen LogP contribution in [0.4, 0.5) is 0 Å². The van der Waals surface area contributed by atoms with Crippen LogP contribution in [0.1, 0.15) is 83.5 Å². The lowest BCUT2D eigenvalue weighted by atomic mass is 9.98. The lowest BCUT2D eigenvalue weighted by Gasteiger charge is -2.48.